The van der Waals surface area contributed by atoms with Gasteiger partial charge in [-0.2, -0.15) is 0 Å². The van der Waals surface area contributed by atoms with E-state index in [1.807, 2.05) is 0 Å². The molecule has 6 heteroatoms. The quantitative estimate of drug-likeness (QED) is 0.714. The molecule has 0 unspecified atom stereocenters. The van der Waals surface area contributed by atoms with Crippen molar-refractivity contribution in [3.63, 3.8) is 0 Å². The Labute approximate surface area is 123 Å². The van der Waals surface area contributed by atoms with Crippen molar-refractivity contribution in [3.8, 4) is 11.3 Å². The fourth-order valence-electron chi connectivity index (χ4n) is 1.47. The van der Waals surface area contributed by atoms with Crippen LogP contribution in [0.25, 0.3) is 11.3 Å². The zero-order valence-electron chi connectivity index (χ0n) is 8.75. The van der Waals surface area contributed by atoms with Crippen molar-refractivity contribution < 1.29 is 4.79 Å². The molecule has 92 valence electrons. The van der Waals surface area contributed by atoms with Gasteiger partial charge in [0.2, 0.25) is 0 Å². The van der Waals surface area contributed by atoms with Crippen molar-refractivity contribution in [2.45, 2.75) is 0 Å². The van der Waals surface area contributed by atoms with E-state index in [0.29, 0.717) is 43.2 Å². The third kappa shape index (κ3) is 2.62. The van der Waals surface area contributed by atoms with Gasteiger partial charge in [0.25, 0.3) is 0 Å². The molecule has 0 fully saturated rings. The van der Waals surface area contributed by atoms with E-state index in [4.69, 9.17) is 46.4 Å². The van der Waals surface area contributed by atoms with Crippen LogP contribution in [-0.4, -0.2) is 11.3 Å². The van der Waals surface area contributed by atoms with Crippen LogP contribution in [0, 0.1) is 0 Å². The number of aromatic nitrogens is 1. The maximum absolute atomic E-state index is 10.6. The first kappa shape index (κ1) is 13.6. The Hall–Kier alpha value is -0.800. The summed E-state index contributed by atoms with van der Waals surface area (Å²) < 4.78 is 0. The van der Waals surface area contributed by atoms with Crippen LogP contribution in [0.3, 0.4) is 0 Å². The smallest absolute Gasteiger partial charge is 0.151 e. The molecule has 0 aliphatic rings. The van der Waals surface area contributed by atoms with Gasteiger partial charge in [-0.1, -0.05) is 46.4 Å². The Bertz CT molecular complexity index is 604. The third-order valence-electron chi connectivity index (χ3n) is 2.24. The number of carbonyl (C=O) groups is 1. The zero-order chi connectivity index (χ0) is 13.3. The second-order valence-electron chi connectivity index (χ2n) is 3.46. The van der Waals surface area contributed by atoms with E-state index in [-0.39, 0.29) is 0 Å². The number of nitrogens with zero attached hydrogens (tertiary/aromatic N) is 1. The Morgan fingerprint density at radius 2 is 1.56 bits per heavy atom. The number of hydrogen-bond acceptors (Lipinski definition) is 2. The molecule has 2 aromatic rings. The van der Waals surface area contributed by atoms with Gasteiger partial charge in [-0.25, -0.2) is 0 Å². The Morgan fingerprint density at radius 1 is 0.944 bits per heavy atom. The van der Waals surface area contributed by atoms with Crippen molar-refractivity contribution in [1.29, 1.82) is 0 Å². The Kier molecular flexibility index (Phi) is 4.13. The minimum absolute atomic E-state index is 0.297. The zero-order valence-corrected chi connectivity index (χ0v) is 11.8. The standard InChI is InChI=1S/C12H5Cl4NO/c13-7-2-8(14)11(9(15)3-7)12-10(16)1-6(5-18)4-17-12/h1-5H. The molecule has 0 N–H and O–H groups in total. The van der Waals surface area contributed by atoms with Gasteiger partial charge in [0.05, 0.1) is 20.8 Å². The van der Waals surface area contributed by atoms with Gasteiger partial charge >= 0.3 is 0 Å². The second kappa shape index (κ2) is 5.45. The molecule has 0 aliphatic heterocycles. The third-order valence-corrected chi connectivity index (χ3v) is 3.34. The summed E-state index contributed by atoms with van der Waals surface area (Å²) in [4.78, 5) is 14.7. The molecule has 1 heterocycles. The van der Waals surface area contributed by atoms with E-state index in [1.54, 1.807) is 12.1 Å². The fraction of sp³-hybridized carbons (Fsp3) is 0. The predicted octanol–water partition coefficient (Wildman–Crippen LogP) is 5.17. The molecule has 0 saturated heterocycles. The Balaban J connectivity index is 2.66. The highest BCUT2D eigenvalue weighted by Gasteiger charge is 2.15. The highest BCUT2D eigenvalue weighted by Crippen LogP contribution is 2.39. The lowest BCUT2D eigenvalue weighted by atomic mass is 10.1. The van der Waals surface area contributed by atoms with Gasteiger partial charge in [0.15, 0.2) is 6.29 Å². The minimum Gasteiger partial charge on any atom is -0.298 e. The van der Waals surface area contributed by atoms with Gasteiger partial charge in [0, 0.05) is 22.3 Å². The van der Waals surface area contributed by atoms with Crippen LogP contribution in [0.5, 0.6) is 0 Å². The van der Waals surface area contributed by atoms with Crippen molar-refractivity contribution in [2.24, 2.45) is 0 Å². The lowest BCUT2D eigenvalue weighted by Gasteiger charge is -2.09. The lowest BCUT2D eigenvalue weighted by Crippen LogP contribution is -1.91. The van der Waals surface area contributed by atoms with Gasteiger partial charge in [-0.15, -0.1) is 0 Å². The SMILES string of the molecule is O=Cc1cnc(-c2c(Cl)cc(Cl)cc2Cl)c(Cl)c1. The van der Waals surface area contributed by atoms with Crippen molar-refractivity contribution >= 4 is 52.7 Å². The average molecular weight is 321 g/mol. The molecule has 0 radical (unpaired) electrons. The molecule has 2 nitrogen and oxygen atoms in total. The molecule has 1 aromatic carbocycles. The van der Waals surface area contributed by atoms with Gasteiger partial charge < -0.3 is 0 Å². The fourth-order valence-corrected chi connectivity index (χ4v) is 2.73. The van der Waals surface area contributed by atoms with Crippen LogP contribution >= 0.6 is 46.4 Å². The summed E-state index contributed by atoms with van der Waals surface area (Å²) in [7, 11) is 0. The monoisotopic (exact) mass is 319 g/mol. The normalized spacial score (nSPS) is 10.4. The van der Waals surface area contributed by atoms with Crippen molar-refractivity contribution in [3.05, 3.63) is 50.0 Å². The van der Waals surface area contributed by atoms with Crippen LogP contribution < -0.4 is 0 Å². The molecule has 0 saturated carbocycles. The average Bonchev–Trinajstić information content (AvgIpc) is 2.29. The van der Waals surface area contributed by atoms with Crippen LogP contribution in [0.1, 0.15) is 10.4 Å². The van der Waals surface area contributed by atoms with Gasteiger partial charge in [-0.05, 0) is 18.2 Å². The number of pyridine rings is 1. The van der Waals surface area contributed by atoms with Crippen LogP contribution in [0.15, 0.2) is 24.4 Å². The molecule has 0 spiro atoms. The number of carbonyl (C=O) groups excluding carboxylic acids is 1. The summed E-state index contributed by atoms with van der Waals surface area (Å²) in [5.41, 5.74) is 1.28. The summed E-state index contributed by atoms with van der Waals surface area (Å²) in [6, 6.07) is 4.60. The van der Waals surface area contributed by atoms with E-state index in [2.05, 4.69) is 4.98 Å². The summed E-state index contributed by atoms with van der Waals surface area (Å²) in [6.45, 7) is 0. The van der Waals surface area contributed by atoms with E-state index in [1.165, 1.54) is 12.3 Å². The second-order valence-corrected chi connectivity index (χ2v) is 5.12. The number of halogens is 4. The molecule has 2 rings (SSSR count). The van der Waals surface area contributed by atoms with E-state index >= 15 is 0 Å². The maximum atomic E-state index is 10.6. The molecular formula is C12H5Cl4NO. The summed E-state index contributed by atoms with van der Waals surface area (Å²) >= 11 is 24.0. The number of rotatable bonds is 2. The van der Waals surface area contributed by atoms with E-state index < -0.39 is 0 Å². The summed E-state index contributed by atoms with van der Waals surface area (Å²) in [5.74, 6) is 0. The molecule has 1 aromatic heterocycles. The van der Waals surface area contributed by atoms with Crippen LogP contribution in [0.2, 0.25) is 20.1 Å². The maximum Gasteiger partial charge on any atom is 0.151 e. The van der Waals surface area contributed by atoms with Gasteiger partial charge in [-0.3, -0.25) is 9.78 Å². The highest BCUT2D eigenvalue weighted by atomic mass is 35.5. The summed E-state index contributed by atoms with van der Waals surface area (Å²) in [6.07, 6.45) is 2.06. The molecule has 0 aliphatic carbocycles. The molecule has 0 amide bonds. The number of hydrogen-bond donors (Lipinski definition) is 0. The Morgan fingerprint density at radius 3 is 2.06 bits per heavy atom. The highest BCUT2D eigenvalue weighted by molar-refractivity contribution is 6.43. The number of benzene rings is 1. The molecular weight excluding hydrogens is 316 g/mol. The first-order valence-electron chi connectivity index (χ1n) is 4.78. The topological polar surface area (TPSA) is 30.0 Å². The first-order valence-corrected chi connectivity index (χ1v) is 6.29. The lowest BCUT2D eigenvalue weighted by molar-refractivity contribution is 0.112. The molecule has 0 bridgehead atoms. The van der Waals surface area contributed by atoms with Crippen molar-refractivity contribution in [2.75, 3.05) is 0 Å². The molecule has 18 heavy (non-hydrogen) atoms. The predicted molar refractivity (Wildman–Crippen MR) is 75.1 cm³/mol. The van der Waals surface area contributed by atoms with Crippen molar-refractivity contribution in [1.82, 2.24) is 4.98 Å². The van der Waals surface area contributed by atoms with Gasteiger partial charge in [0.1, 0.15) is 0 Å². The first-order chi connectivity index (χ1) is 8.52. The molecule has 0 atom stereocenters. The van der Waals surface area contributed by atoms with E-state index in [0.717, 1.165) is 0 Å². The minimum atomic E-state index is 0.297. The van der Waals surface area contributed by atoms with Crippen LogP contribution in [-0.2, 0) is 0 Å². The number of aldehydes is 1. The largest absolute Gasteiger partial charge is 0.298 e. The summed E-state index contributed by atoms with van der Waals surface area (Å²) in [5, 5.41) is 1.42. The van der Waals surface area contributed by atoms with Crippen LogP contribution in [0.4, 0.5) is 0 Å². The van der Waals surface area contributed by atoms with E-state index in [9.17, 15) is 4.79 Å².